The van der Waals surface area contributed by atoms with Crippen LogP contribution >= 0.6 is 11.6 Å². The summed E-state index contributed by atoms with van der Waals surface area (Å²) in [6, 6.07) is 6.21. The van der Waals surface area contributed by atoms with Crippen LogP contribution in [0.1, 0.15) is 46.2 Å². The Morgan fingerprint density at radius 3 is 1.95 bits per heavy atom. The second-order valence-electron chi connectivity index (χ2n) is 6.19. The summed E-state index contributed by atoms with van der Waals surface area (Å²) in [5.74, 6) is 1.26. The number of hydrogen-bond donors (Lipinski definition) is 1. The Balaban J connectivity index is 2.98. The van der Waals surface area contributed by atoms with Gasteiger partial charge in [-0.25, -0.2) is 0 Å². The molecule has 0 aliphatic carbocycles. The number of nitrogens with zero attached hydrogens (tertiary/aromatic N) is 1. The second-order valence-corrected chi connectivity index (χ2v) is 6.59. The fourth-order valence-corrected chi connectivity index (χ4v) is 2.60. The van der Waals surface area contributed by atoms with Gasteiger partial charge in [0.1, 0.15) is 0 Å². The van der Waals surface area contributed by atoms with Crippen LogP contribution in [0.2, 0.25) is 5.02 Å². The molecule has 0 heterocycles. The molecule has 19 heavy (non-hydrogen) atoms. The van der Waals surface area contributed by atoms with Gasteiger partial charge in [-0.2, -0.15) is 0 Å². The quantitative estimate of drug-likeness (QED) is 0.834. The molecule has 0 saturated carbocycles. The van der Waals surface area contributed by atoms with Gasteiger partial charge in [-0.3, -0.25) is 0 Å². The van der Waals surface area contributed by atoms with Crippen molar-refractivity contribution in [1.82, 2.24) is 0 Å². The Labute approximate surface area is 122 Å². The van der Waals surface area contributed by atoms with Crippen molar-refractivity contribution >= 4 is 17.3 Å². The van der Waals surface area contributed by atoms with Crippen LogP contribution in [-0.2, 0) is 0 Å². The molecule has 1 unspecified atom stereocenters. The van der Waals surface area contributed by atoms with Crippen molar-refractivity contribution in [2.75, 3.05) is 18.0 Å². The standard InChI is InChI=1S/C16H27ClN2/c1-11(2)9-19(10-12(3)4)14-6-7-15(13(5)18)16(17)8-14/h6-8,11-13H,9-10,18H2,1-5H3. The molecule has 1 rings (SSSR count). The number of halogens is 1. The fraction of sp³-hybridized carbons (Fsp3) is 0.625. The van der Waals surface area contributed by atoms with E-state index in [-0.39, 0.29) is 6.04 Å². The van der Waals surface area contributed by atoms with Gasteiger partial charge < -0.3 is 10.6 Å². The lowest BCUT2D eigenvalue weighted by Crippen LogP contribution is -2.31. The van der Waals surface area contributed by atoms with Gasteiger partial charge in [0.2, 0.25) is 0 Å². The van der Waals surface area contributed by atoms with Gasteiger partial charge in [0, 0.05) is 29.8 Å². The molecule has 2 nitrogen and oxygen atoms in total. The highest BCUT2D eigenvalue weighted by atomic mass is 35.5. The third kappa shape index (κ3) is 5.04. The van der Waals surface area contributed by atoms with Gasteiger partial charge in [-0.15, -0.1) is 0 Å². The molecule has 0 aromatic heterocycles. The average Bonchev–Trinajstić information content (AvgIpc) is 2.26. The molecule has 0 saturated heterocycles. The lowest BCUT2D eigenvalue weighted by atomic mass is 10.1. The van der Waals surface area contributed by atoms with E-state index < -0.39 is 0 Å². The van der Waals surface area contributed by atoms with E-state index in [1.54, 1.807) is 0 Å². The highest BCUT2D eigenvalue weighted by Gasteiger charge is 2.13. The Bertz CT molecular complexity index is 390. The van der Waals surface area contributed by atoms with Crippen LogP contribution < -0.4 is 10.6 Å². The van der Waals surface area contributed by atoms with Crippen molar-refractivity contribution < 1.29 is 0 Å². The fourth-order valence-electron chi connectivity index (χ4n) is 2.25. The highest BCUT2D eigenvalue weighted by molar-refractivity contribution is 6.31. The summed E-state index contributed by atoms with van der Waals surface area (Å²) >= 11 is 6.33. The number of nitrogens with two attached hydrogens (primary N) is 1. The van der Waals surface area contributed by atoms with Crippen LogP contribution in [0.5, 0.6) is 0 Å². The van der Waals surface area contributed by atoms with Gasteiger partial charge in [0.05, 0.1) is 0 Å². The molecule has 1 aromatic carbocycles. The average molecular weight is 283 g/mol. The summed E-state index contributed by atoms with van der Waals surface area (Å²) in [7, 11) is 0. The zero-order chi connectivity index (χ0) is 14.6. The Morgan fingerprint density at radius 1 is 1.05 bits per heavy atom. The zero-order valence-electron chi connectivity index (χ0n) is 12.8. The van der Waals surface area contributed by atoms with Crippen LogP contribution in [-0.4, -0.2) is 13.1 Å². The van der Waals surface area contributed by atoms with E-state index in [2.05, 4.69) is 44.7 Å². The largest absolute Gasteiger partial charge is 0.371 e. The van der Waals surface area contributed by atoms with Crippen molar-refractivity contribution in [3.63, 3.8) is 0 Å². The first kappa shape index (κ1) is 16.3. The van der Waals surface area contributed by atoms with Crippen molar-refractivity contribution in [3.05, 3.63) is 28.8 Å². The van der Waals surface area contributed by atoms with E-state index in [0.29, 0.717) is 11.8 Å². The van der Waals surface area contributed by atoms with Gasteiger partial charge >= 0.3 is 0 Å². The molecule has 0 amide bonds. The summed E-state index contributed by atoms with van der Waals surface area (Å²) in [6.07, 6.45) is 0. The number of hydrogen-bond acceptors (Lipinski definition) is 2. The lowest BCUT2D eigenvalue weighted by Gasteiger charge is -2.29. The molecule has 108 valence electrons. The van der Waals surface area contributed by atoms with Crippen LogP contribution in [0.4, 0.5) is 5.69 Å². The Kier molecular flexibility index (Phi) is 6.15. The van der Waals surface area contributed by atoms with Crippen LogP contribution in [0.3, 0.4) is 0 Å². The summed E-state index contributed by atoms with van der Waals surface area (Å²) in [4.78, 5) is 2.41. The van der Waals surface area contributed by atoms with Crippen molar-refractivity contribution in [1.29, 1.82) is 0 Å². The molecule has 0 spiro atoms. The van der Waals surface area contributed by atoms with E-state index in [0.717, 1.165) is 23.7 Å². The molecule has 0 aliphatic heterocycles. The van der Waals surface area contributed by atoms with Gasteiger partial charge in [0.15, 0.2) is 0 Å². The molecule has 1 atom stereocenters. The summed E-state index contributed by atoms with van der Waals surface area (Å²) in [5, 5.41) is 0.769. The maximum absolute atomic E-state index is 6.33. The molecular formula is C16H27ClN2. The van der Waals surface area contributed by atoms with E-state index in [9.17, 15) is 0 Å². The van der Waals surface area contributed by atoms with E-state index in [4.69, 9.17) is 17.3 Å². The number of anilines is 1. The lowest BCUT2D eigenvalue weighted by molar-refractivity contribution is 0.552. The molecule has 1 aromatic rings. The Morgan fingerprint density at radius 2 is 1.58 bits per heavy atom. The first-order valence-electron chi connectivity index (χ1n) is 7.11. The number of benzene rings is 1. The van der Waals surface area contributed by atoms with E-state index >= 15 is 0 Å². The minimum Gasteiger partial charge on any atom is -0.371 e. The molecule has 2 N–H and O–H groups in total. The second kappa shape index (κ2) is 7.16. The van der Waals surface area contributed by atoms with Gasteiger partial charge in [-0.05, 0) is 36.5 Å². The highest BCUT2D eigenvalue weighted by Crippen LogP contribution is 2.28. The number of rotatable bonds is 6. The van der Waals surface area contributed by atoms with Crippen molar-refractivity contribution in [2.24, 2.45) is 17.6 Å². The molecule has 0 bridgehead atoms. The monoisotopic (exact) mass is 282 g/mol. The van der Waals surface area contributed by atoms with E-state index in [1.165, 1.54) is 5.69 Å². The topological polar surface area (TPSA) is 29.3 Å². The van der Waals surface area contributed by atoms with Crippen molar-refractivity contribution in [2.45, 2.75) is 40.7 Å². The van der Waals surface area contributed by atoms with Crippen LogP contribution in [0.25, 0.3) is 0 Å². The molecule has 0 aliphatic rings. The summed E-state index contributed by atoms with van der Waals surface area (Å²) in [6.45, 7) is 13.0. The molecule has 3 heteroatoms. The molecular weight excluding hydrogens is 256 g/mol. The summed E-state index contributed by atoms with van der Waals surface area (Å²) in [5.41, 5.74) is 8.11. The molecule has 0 radical (unpaired) electrons. The first-order valence-corrected chi connectivity index (χ1v) is 7.49. The SMILES string of the molecule is CC(C)CN(CC(C)C)c1ccc(C(C)N)c(Cl)c1. The predicted molar refractivity (Wildman–Crippen MR) is 85.9 cm³/mol. The first-order chi connectivity index (χ1) is 8.81. The third-order valence-corrected chi connectivity index (χ3v) is 3.34. The smallest absolute Gasteiger partial charge is 0.0474 e. The maximum atomic E-state index is 6.33. The van der Waals surface area contributed by atoms with Crippen molar-refractivity contribution in [3.8, 4) is 0 Å². The normalized spacial score (nSPS) is 13.1. The molecule has 0 fully saturated rings. The predicted octanol–water partition coefficient (Wildman–Crippen LogP) is 4.48. The van der Waals surface area contributed by atoms with Crippen LogP contribution in [0.15, 0.2) is 18.2 Å². The minimum atomic E-state index is -0.0230. The van der Waals surface area contributed by atoms with Gasteiger partial charge in [-0.1, -0.05) is 45.4 Å². The third-order valence-electron chi connectivity index (χ3n) is 3.01. The maximum Gasteiger partial charge on any atom is 0.0474 e. The van der Waals surface area contributed by atoms with Crippen LogP contribution in [0, 0.1) is 11.8 Å². The van der Waals surface area contributed by atoms with E-state index in [1.807, 2.05) is 13.0 Å². The Hall–Kier alpha value is -0.730. The van der Waals surface area contributed by atoms with Gasteiger partial charge in [0.25, 0.3) is 0 Å². The summed E-state index contributed by atoms with van der Waals surface area (Å²) < 4.78 is 0. The zero-order valence-corrected chi connectivity index (χ0v) is 13.5. The minimum absolute atomic E-state index is 0.0230.